The molecular formula is C10H18BrN3. The maximum atomic E-state index is 4.13. The highest BCUT2D eigenvalue weighted by atomic mass is 79.9. The van der Waals surface area contributed by atoms with Gasteiger partial charge in [-0.15, -0.1) is 0 Å². The first-order chi connectivity index (χ1) is 6.93. The summed E-state index contributed by atoms with van der Waals surface area (Å²) in [6, 6.07) is 1.95. The molecule has 0 aliphatic rings. The number of aromatic nitrogens is 2. The second-order valence-corrected chi connectivity index (χ2v) is 4.06. The maximum absolute atomic E-state index is 4.13. The van der Waals surface area contributed by atoms with Gasteiger partial charge in [0.15, 0.2) is 0 Å². The molecule has 1 N–H and O–H groups in total. The third kappa shape index (κ3) is 5.40. The smallest absolute Gasteiger partial charge is 0.0533 e. The lowest BCUT2D eigenvalue weighted by molar-refractivity contribution is 0.540. The molecule has 1 rings (SSSR count). The van der Waals surface area contributed by atoms with Gasteiger partial charge in [-0.2, -0.15) is 5.10 Å². The van der Waals surface area contributed by atoms with Crippen LogP contribution in [0.2, 0.25) is 0 Å². The minimum atomic E-state index is 0.964. The van der Waals surface area contributed by atoms with E-state index in [0.717, 1.165) is 25.0 Å². The van der Waals surface area contributed by atoms with Gasteiger partial charge in [-0.05, 0) is 25.5 Å². The van der Waals surface area contributed by atoms with E-state index < -0.39 is 0 Å². The number of unbranched alkanes of at least 4 members (excludes halogenated alkanes) is 2. The molecule has 1 heterocycles. The summed E-state index contributed by atoms with van der Waals surface area (Å²) in [6.45, 7) is 3.09. The van der Waals surface area contributed by atoms with Gasteiger partial charge >= 0.3 is 0 Å². The van der Waals surface area contributed by atoms with Gasteiger partial charge in [0.25, 0.3) is 0 Å². The van der Waals surface area contributed by atoms with Crippen molar-refractivity contribution in [1.29, 1.82) is 0 Å². The fourth-order valence-electron chi connectivity index (χ4n) is 1.27. The number of hydrogen-bond acceptors (Lipinski definition) is 2. The standard InChI is InChI=1S/C10H18BrN3/c11-5-2-1-3-6-12-8-10-14-9-4-7-13-14/h4,7,9,12H,1-3,5-6,8,10H2. The van der Waals surface area contributed by atoms with Gasteiger partial charge < -0.3 is 5.32 Å². The highest BCUT2D eigenvalue weighted by Crippen LogP contribution is 1.96. The van der Waals surface area contributed by atoms with E-state index in [9.17, 15) is 0 Å². The quantitative estimate of drug-likeness (QED) is 0.572. The van der Waals surface area contributed by atoms with Crippen LogP contribution in [-0.4, -0.2) is 28.2 Å². The molecule has 0 aliphatic heterocycles. The molecule has 14 heavy (non-hydrogen) atoms. The van der Waals surface area contributed by atoms with E-state index in [0.29, 0.717) is 0 Å². The first-order valence-electron chi connectivity index (χ1n) is 5.17. The first-order valence-corrected chi connectivity index (χ1v) is 6.30. The molecule has 1 aromatic heterocycles. The molecule has 0 saturated carbocycles. The average molecular weight is 260 g/mol. The van der Waals surface area contributed by atoms with Gasteiger partial charge in [0.05, 0.1) is 6.54 Å². The lowest BCUT2D eigenvalue weighted by Crippen LogP contribution is -2.21. The van der Waals surface area contributed by atoms with Gasteiger partial charge in [0.1, 0.15) is 0 Å². The van der Waals surface area contributed by atoms with Crippen molar-refractivity contribution in [1.82, 2.24) is 15.1 Å². The second-order valence-electron chi connectivity index (χ2n) is 3.27. The minimum absolute atomic E-state index is 0.964. The summed E-state index contributed by atoms with van der Waals surface area (Å²) in [5.41, 5.74) is 0. The van der Waals surface area contributed by atoms with Gasteiger partial charge in [-0.25, -0.2) is 0 Å². The molecule has 0 amide bonds. The van der Waals surface area contributed by atoms with Crippen molar-refractivity contribution in [3.8, 4) is 0 Å². The van der Waals surface area contributed by atoms with E-state index >= 15 is 0 Å². The van der Waals surface area contributed by atoms with Crippen molar-refractivity contribution < 1.29 is 0 Å². The number of halogens is 1. The third-order valence-corrected chi connectivity index (χ3v) is 2.62. The molecule has 0 radical (unpaired) electrons. The molecule has 1 aromatic rings. The van der Waals surface area contributed by atoms with Crippen molar-refractivity contribution in [2.45, 2.75) is 25.8 Å². The number of nitrogens with zero attached hydrogens (tertiary/aromatic N) is 2. The highest BCUT2D eigenvalue weighted by molar-refractivity contribution is 9.09. The normalized spacial score (nSPS) is 10.6. The van der Waals surface area contributed by atoms with E-state index in [1.165, 1.54) is 19.3 Å². The van der Waals surface area contributed by atoms with Crippen LogP contribution in [0, 0.1) is 0 Å². The molecule has 0 atom stereocenters. The number of rotatable bonds is 8. The van der Waals surface area contributed by atoms with Crippen molar-refractivity contribution in [2.24, 2.45) is 0 Å². The van der Waals surface area contributed by atoms with Crippen molar-refractivity contribution in [3.05, 3.63) is 18.5 Å². The summed E-state index contributed by atoms with van der Waals surface area (Å²) < 4.78 is 1.95. The molecule has 0 aromatic carbocycles. The summed E-state index contributed by atoms with van der Waals surface area (Å²) >= 11 is 3.43. The first kappa shape index (κ1) is 11.7. The molecule has 0 aliphatic carbocycles. The SMILES string of the molecule is BrCCCCCNCCn1cccn1. The van der Waals surface area contributed by atoms with Crippen LogP contribution in [0.3, 0.4) is 0 Å². The zero-order chi connectivity index (χ0) is 10.1. The largest absolute Gasteiger partial charge is 0.315 e. The Bertz CT molecular complexity index is 211. The molecule has 0 fully saturated rings. The van der Waals surface area contributed by atoms with Gasteiger partial charge in [0, 0.05) is 24.3 Å². The van der Waals surface area contributed by atoms with Crippen molar-refractivity contribution in [3.63, 3.8) is 0 Å². The highest BCUT2D eigenvalue weighted by Gasteiger charge is 1.90. The maximum Gasteiger partial charge on any atom is 0.0533 e. The van der Waals surface area contributed by atoms with Crippen LogP contribution >= 0.6 is 15.9 Å². The van der Waals surface area contributed by atoms with E-state index in [1.807, 2.05) is 23.1 Å². The lowest BCUT2D eigenvalue weighted by atomic mass is 10.2. The van der Waals surface area contributed by atoms with Gasteiger partial charge in [0.2, 0.25) is 0 Å². The van der Waals surface area contributed by atoms with Crippen LogP contribution in [0.4, 0.5) is 0 Å². The Labute approximate surface area is 94.0 Å². The molecule has 0 saturated heterocycles. The Morgan fingerprint density at radius 2 is 2.14 bits per heavy atom. The monoisotopic (exact) mass is 259 g/mol. The molecule has 3 nitrogen and oxygen atoms in total. The number of hydrogen-bond donors (Lipinski definition) is 1. The van der Waals surface area contributed by atoms with Crippen molar-refractivity contribution in [2.75, 3.05) is 18.4 Å². The van der Waals surface area contributed by atoms with Crippen LogP contribution < -0.4 is 5.32 Å². The molecule has 0 unspecified atom stereocenters. The predicted octanol–water partition coefficient (Wildman–Crippen LogP) is 2.04. The van der Waals surface area contributed by atoms with Gasteiger partial charge in [-0.1, -0.05) is 22.4 Å². The Morgan fingerprint density at radius 1 is 1.21 bits per heavy atom. The van der Waals surface area contributed by atoms with Crippen LogP contribution in [0.15, 0.2) is 18.5 Å². The Kier molecular flexibility index (Phi) is 6.70. The van der Waals surface area contributed by atoms with E-state index in [4.69, 9.17) is 0 Å². The Morgan fingerprint density at radius 3 is 2.86 bits per heavy atom. The van der Waals surface area contributed by atoms with E-state index in [2.05, 4.69) is 26.3 Å². The molecule has 4 heteroatoms. The summed E-state index contributed by atoms with van der Waals surface area (Å²) in [5, 5.41) is 8.67. The molecule has 0 bridgehead atoms. The second kappa shape index (κ2) is 8.00. The van der Waals surface area contributed by atoms with Crippen molar-refractivity contribution >= 4 is 15.9 Å². The number of nitrogens with one attached hydrogen (secondary N) is 1. The zero-order valence-corrected chi connectivity index (χ0v) is 10.0. The molecular weight excluding hydrogens is 242 g/mol. The summed E-state index contributed by atoms with van der Waals surface area (Å²) in [6.07, 6.45) is 7.66. The lowest BCUT2D eigenvalue weighted by Gasteiger charge is -2.04. The summed E-state index contributed by atoms with van der Waals surface area (Å²) in [5.74, 6) is 0. The Balaban J connectivity index is 1.85. The van der Waals surface area contributed by atoms with E-state index in [1.54, 1.807) is 0 Å². The number of alkyl halides is 1. The average Bonchev–Trinajstić information content (AvgIpc) is 2.69. The molecule has 80 valence electrons. The van der Waals surface area contributed by atoms with Gasteiger partial charge in [-0.3, -0.25) is 4.68 Å². The van der Waals surface area contributed by atoms with Crippen LogP contribution in [0.1, 0.15) is 19.3 Å². The summed E-state index contributed by atoms with van der Waals surface area (Å²) in [7, 11) is 0. The molecule has 0 spiro atoms. The topological polar surface area (TPSA) is 29.9 Å². The van der Waals surface area contributed by atoms with E-state index in [-0.39, 0.29) is 0 Å². The fraction of sp³-hybridized carbons (Fsp3) is 0.700. The fourth-order valence-corrected chi connectivity index (χ4v) is 1.67. The van der Waals surface area contributed by atoms with Crippen LogP contribution in [-0.2, 0) is 6.54 Å². The van der Waals surface area contributed by atoms with Crippen LogP contribution in [0.25, 0.3) is 0 Å². The minimum Gasteiger partial charge on any atom is -0.315 e. The van der Waals surface area contributed by atoms with Crippen LogP contribution in [0.5, 0.6) is 0 Å². The summed E-state index contributed by atoms with van der Waals surface area (Å²) in [4.78, 5) is 0. The predicted molar refractivity (Wildman–Crippen MR) is 62.7 cm³/mol. The Hall–Kier alpha value is -0.350. The zero-order valence-electron chi connectivity index (χ0n) is 8.45. The third-order valence-electron chi connectivity index (χ3n) is 2.06.